The zero-order valence-corrected chi connectivity index (χ0v) is 17.0. The third-order valence-corrected chi connectivity index (χ3v) is 8.31. The van der Waals surface area contributed by atoms with Crippen LogP contribution in [0, 0.1) is 0 Å². The molecular weight excluding hydrogens is 388 g/mol. The first-order valence-corrected chi connectivity index (χ1v) is 10.8. The normalized spacial score (nSPS) is 16.8. The molecule has 0 unspecified atom stereocenters. The van der Waals surface area contributed by atoms with Crippen molar-refractivity contribution in [3.05, 3.63) is 35.9 Å². The number of hydrogen-bond donors (Lipinski definition) is 2. The predicted molar refractivity (Wildman–Crippen MR) is 107 cm³/mol. The molecule has 6 nitrogen and oxygen atoms in total. The van der Waals surface area contributed by atoms with Crippen LogP contribution in [0.1, 0.15) is 37.7 Å². The largest absolute Gasteiger partial charge is 0.481 e. The molecule has 2 N–H and O–H groups in total. The summed E-state index contributed by atoms with van der Waals surface area (Å²) in [6.07, 6.45) is 1.28. The summed E-state index contributed by atoms with van der Waals surface area (Å²) in [5.41, 5.74) is 0.0447. The van der Waals surface area contributed by atoms with E-state index in [0.29, 0.717) is 0 Å². The Hall–Kier alpha value is -1.22. The highest BCUT2D eigenvalue weighted by molar-refractivity contribution is 8.18. The molecule has 0 bridgehead atoms. The fourth-order valence-corrected chi connectivity index (χ4v) is 7.19. The van der Waals surface area contributed by atoms with Crippen LogP contribution in [0.2, 0.25) is 0 Å². The van der Waals surface area contributed by atoms with Crippen molar-refractivity contribution in [1.29, 1.82) is 0 Å². The third kappa shape index (κ3) is 5.40. The van der Waals surface area contributed by atoms with Crippen LogP contribution in [0.3, 0.4) is 0 Å². The Morgan fingerprint density at radius 1 is 1.07 bits per heavy atom. The van der Waals surface area contributed by atoms with Gasteiger partial charge in [-0.15, -0.1) is 23.5 Å². The van der Waals surface area contributed by atoms with E-state index in [1.165, 1.54) is 7.11 Å². The zero-order chi connectivity index (χ0) is 19.8. The fourth-order valence-electron chi connectivity index (χ4n) is 3.37. The molecule has 1 saturated heterocycles. The first-order valence-electron chi connectivity index (χ1n) is 8.86. The Kier molecular flexibility index (Phi) is 8.47. The highest BCUT2D eigenvalue weighted by Gasteiger charge is 2.55. The van der Waals surface area contributed by atoms with Gasteiger partial charge in [0.25, 0.3) is 0 Å². The van der Waals surface area contributed by atoms with E-state index in [2.05, 4.69) is 0 Å². The maximum atomic E-state index is 11.4. The van der Waals surface area contributed by atoms with E-state index in [1.807, 2.05) is 30.3 Å². The number of methoxy groups -OCH3 is 1. The fraction of sp³-hybridized carbons (Fsp3) is 0.579. The molecule has 0 saturated carbocycles. The molecule has 1 aliphatic heterocycles. The molecule has 8 heteroatoms. The summed E-state index contributed by atoms with van der Waals surface area (Å²) in [6.45, 7) is -0.0189. The molecule has 1 aliphatic rings. The number of hydrogen-bond acceptors (Lipinski definition) is 6. The second kappa shape index (κ2) is 10.4. The first kappa shape index (κ1) is 22.1. The van der Waals surface area contributed by atoms with Crippen molar-refractivity contribution in [3.63, 3.8) is 0 Å². The summed E-state index contributed by atoms with van der Waals surface area (Å²) in [6, 6.07) is 9.85. The number of rotatable bonds is 11. The molecule has 1 heterocycles. The van der Waals surface area contributed by atoms with Gasteiger partial charge in [-0.3, -0.25) is 9.59 Å². The third-order valence-electron chi connectivity index (χ3n) is 4.59. The number of aliphatic carboxylic acids is 2. The maximum Gasteiger partial charge on any atom is 0.303 e. The number of carbonyl (C=O) groups is 2. The molecule has 0 amide bonds. The highest BCUT2D eigenvalue weighted by atomic mass is 32.2. The maximum absolute atomic E-state index is 11.4. The Morgan fingerprint density at radius 3 is 2.11 bits per heavy atom. The van der Waals surface area contributed by atoms with Crippen molar-refractivity contribution in [3.8, 4) is 0 Å². The lowest BCUT2D eigenvalue weighted by Gasteiger charge is -2.51. The van der Waals surface area contributed by atoms with E-state index in [4.69, 9.17) is 9.47 Å². The number of carboxylic acid groups (broad SMARTS) is 2. The number of ether oxygens (including phenoxy) is 2. The number of thioether (sulfide) groups is 2. The zero-order valence-electron chi connectivity index (χ0n) is 15.4. The summed E-state index contributed by atoms with van der Waals surface area (Å²) in [4.78, 5) is 22.7. The molecule has 0 aliphatic carbocycles. The van der Waals surface area contributed by atoms with Gasteiger partial charge in [-0.1, -0.05) is 30.3 Å². The molecule has 1 fully saturated rings. The molecular formula is C19H26O6S2. The van der Waals surface area contributed by atoms with Crippen molar-refractivity contribution >= 4 is 35.5 Å². The van der Waals surface area contributed by atoms with E-state index < -0.39 is 21.6 Å². The Morgan fingerprint density at radius 2 is 1.63 bits per heavy atom. The predicted octanol–water partition coefficient (Wildman–Crippen LogP) is 3.80. The van der Waals surface area contributed by atoms with Gasteiger partial charge in [0, 0.05) is 20.0 Å². The molecule has 150 valence electrons. The van der Waals surface area contributed by atoms with Gasteiger partial charge in [-0.25, -0.2) is 0 Å². The van der Waals surface area contributed by atoms with Crippen LogP contribution in [0.5, 0.6) is 0 Å². The van der Waals surface area contributed by atoms with Crippen LogP contribution in [-0.2, 0) is 23.1 Å². The van der Waals surface area contributed by atoms with Crippen LogP contribution in [-0.4, -0.2) is 53.2 Å². The standard InChI is InChI=1S/C19H26O6S2/c1-24-14-25-18(10-8-16(20)21,11-9-17(22)23)19(26-12-5-13-27-19)15-6-3-2-4-7-15/h2-4,6-7H,5,8-14H2,1H3,(H,20,21)(H,22,23). The molecule has 0 aromatic heterocycles. The van der Waals surface area contributed by atoms with Gasteiger partial charge in [0.2, 0.25) is 0 Å². The van der Waals surface area contributed by atoms with Gasteiger partial charge < -0.3 is 19.7 Å². The summed E-state index contributed by atoms with van der Waals surface area (Å²) in [7, 11) is 1.51. The van der Waals surface area contributed by atoms with Crippen LogP contribution in [0.25, 0.3) is 0 Å². The minimum atomic E-state index is -0.975. The Balaban J connectivity index is 2.54. The molecule has 0 radical (unpaired) electrons. The van der Waals surface area contributed by atoms with E-state index in [0.717, 1.165) is 23.5 Å². The van der Waals surface area contributed by atoms with E-state index in [1.54, 1.807) is 23.5 Å². The van der Waals surface area contributed by atoms with Crippen molar-refractivity contribution in [2.75, 3.05) is 25.4 Å². The van der Waals surface area contributed by atoms with Crippen molar-refractivity contribution in [1.82, 2.24) is 0 Å². The average molecular weight is 415 g/mol. The Bertz CT molecular complexity index is 598. The van der Waals surface area contributed by atoms with Crippen LogP contribution in [0.4, 0.5) is 0 Å². The summed E-state index contributed by atoms with van der Waals surface area (Å²) in [5, 5.41) is 18.6. The lowest BCUT2D eigenvalue weighted by atomic mass is 9.84. The van der Waals surface area contributed by atoms with Crippen molar-refractivity contribution in [2.45, 2.75) is 41.8 Å². The topological polar surface area (TPSA) is 93.1 Å². The quantitative estimate of drug-likeness (QED) is 0.528. The highest BCUT2D eigenvalue weighted by Crippen LogP contribution is 2.60. The van der Waals surface area contributed by atoms with Gasteiger partial charge in [0.05, 0.1) is 0 Å². The summed E-state index contributed by atoms with van der Waals surface area (Å²) in [5.74, 6) is -0.0465. The Labute approximate surface area is 168 Å². The lowest BCUT2D eigenvalue weighted by molar-refractivity contribution is -0.158. The van der Waals surface area contributed by atoms with Gasteiger partial charge >= 0.3 is 11.9 Å². The van der Waals surface area contributed by atoms with Gasteiger partial charge in [0.1, 0.15) is 16.5 Å². The number of carboxylic acids is 2. The van der Waals surface area contributed by atoms with Crippen molar-refractivity contribution in [2.24, 2.45) is 0 Å². The molecule has 0 atom stereocenters. The molecule has 27 heavy (non-hydrogen) atoms. The van der Waals surface area contributed by atoms with Crippen molar-refractivity contribution < 1.29 is 29.3 Å². The van der Waals surface area contributed by atoms with E-state index >= 15 is 0 Å². The van der Waals surface area contributed by atoms with Crippen LogP contribution in [0.15, 0.2) is 30.3 Å². The van der Waals surface area contributed by atoms with Gasteiger partial charge in [-0.05, 0) is 36.3 Å². The van der Waals surface area contributed by atoms with Crippen LogP contribution >= 0.6 is 23.5 Å². The molecule has 1 aromatic carbocycles. The molecule has 1 aromatic rings. The minimum Gasteiger partial charge on any atom is -0.481 e. The first-order chi connectivity index (χ1) is 13.0. The monoisotopic (exact) mass is 414 g/mol. The van der Waals surface area contributed by atoms with Gasteiger partial charge in [-0.2, -0.15) is 0 Å². The van der Waals surface area contributed by atoms with E-state index in [9.17, 15) is 19.8 Å². The second-order valence-electron chi connectivity index (χ2n) is 6.37. The molecule has 0 spiro atoms. The second-order valence-corrected chi connectivity index (χ2v) is 9.24. The lowest BCUT2D eigenvalue weighted by Crippen LogP contribution is -2.52. The van der Waals surface area contributed by atoms with Gasteiger partial charge in [0.15, 0.2) is 0 Å². The minimum absolute atomic E-state index is 0.0189. The number of benzene rings is 1. The smallest absolute Gasteiger partial charge is 0.303 e. The van der Waals surface area contributed by atoms with E-state index in [-0.39, 0.29) is 32.5 Å². The molecule has 2 rings (SSSR count). The van der Waals surface area contributed by atoms with Crippen LogP contribution < -0.4 is 0 Å². The average Bonchev–Trinajstić information content (AvgIpc) is 2.68. The SMILES string of the molecule is COCOC(CCC(=O)O)(CCC(=O)O)C1(c2ccccc2)SCCCS1. The summed E-state index contributed by atoms with van der Waals surface area (Å²) >= 11 is 3.44. The summed E-state index contributed by atoms with van der Waals surface area (Å²) < 4.78 is 10.7.